The lowest BCUT2D eigenvalue weighted by Crippen LogP contribution is -2.50. The molecular formula is C25H33FN2O2. The number of anilines is 1. The number of halogens is 1. The molecule has 0 unspecified atom stereocenters. The Morgan fingerprint density at radius 1 is 1.23 bits per heavy atom. The third kappa shape index (κ3) is 3.45. The minimum atomic E-state index is -0.161. The molecule has 0 aromatic heterocycles. The number of nitrogens with zero attached hydrogens (tertiary/aromatic N) is 2. The molecule has 1 aromatic carbocycles. The second kappa shape index (κ2) is 7.67. The van der Waals surface area contributed by atoms with Crippen LogP contribution < -0.4 is 4.90 Å². The molecule has 2 saturated carbocycles. The van der Waals surface area contributed by atoms with E-state index >= 15 is 0 Å². The summed E-state index contributed by atoms with van der Waals surface area (Å²) in [4.78, 5) is 17.3. The van der Waals surface area contributed by atoms with Gasteiger partial charge in [-0.3, -0.25) is 9.69 Å². The minimum absolute atomic E-state index is 0.00519. The summed E-state index contributed by atoms with van der Waals surface area (Å²) in [7, 11) is 0. The normalized spacial score (nSPS) is 36.9. The highest BCUT2D eigenvalue weighted by atomic mass is 19.1. The maximum Gasteiger partial charge on any atom is 0.310 e. The number of hydrogen-bond donors (Lipinski definition) is 0. The molecule has 4 fully saturated rings. The van der Waals surface area contributed by atoms with Crippen LogP contribution in [-0.4, -0.2) is 49.7 Å². The maximum absolute atomic E-state index is 14.1. The molecule has 2 saturated heterocycles. The van der Waals surface area contributed by atoms with Gasteiger partial charge in [-0.25, -0.2) is 4.39 Å². The SMILES string of the molecule is C=C1CCC[C@]2(C)C[C@H]3OC(=O)[C@H](CN4CCN(c5ccccc5F)CC4)[C@@H]3C[C@H]12. The average Bonchev–Trinajstić information content (AvgIpc) is 3.01. The molecular weight excluding hydrogens is 379 g/mol. The lowest BCUT2D eigenvalue weighted by atomic mass is 9.55. The second-order valence-corrected chi connectivity index (χ2v) is 10.1. The highest BCUT2D eigenvalue weighted by Gasteiger charge is 2.55. The van der Waals surface area contributed by atoms with Crippen LogP contribution in [-0.2, 0) is 9.53 Å². The summed E-state index contributed by atoms with van der Waals surface area (Å²) < 4.78 is 20.0. The number of hydrogen-bond acceptors (Lipinski definition) is 4. The van der Waals surface area contributed by atoms with Crippen LogP contribution in [0.25, 0.3) is 0 Å². The van der Waals surface area contributed by atoms with Crippen LogP contribution in [0, 0.1) is 29.0 Å². The van der Waals surface area contributed by atoms with Crippen molar-refractivity contribution >= 4 is 11.7 Å². The molecule has 162 valence electrons. The maximum atomic E-state index is 14.1. The number of rotatable bonds is 3. The van der Waals surface area contributed by atoms with Gasteiger partial charge in [-0.05, 0) is 55.6 Å². The molecule has 5 atom stereocenters. The number of allylic oxidation sites excluding steroid dienone is 1. The Bertz CT molecular complexity index is 834. The average molecular weight is 413 g/mol. The first-order valence-electron chi connectivity index (χ1n) is 11.5. The fourth-order valence-electron chi connectivity index (χ4n) is 6.62. The van der Waals surface area contributed by atoms with Crippen molar-refractivity contribution in [1.29, 1.82) is 0 Å². The van der Waals surface area contributed by atoms with Gasteiger partial charge in [-0.2, -0.15) is 0 Å². The summed E-state index contributed by atoms with van der Waals surface area (Å²) >= 11 is 0. The number of carbonyl (C=O) groups excluding carboxylic acids is 1. The van der Waals surface area contributed by atoms with Crippen molar-refractivity contribution in [3.8, 4) is 0 Å². The summed E-state index contributed by atoms with van der Waals surface area (Å²) in [6.45, 7) is 10.8. The molecule has 0 spiro atoms. The first-order chi connectivity index (χ1) is 14.4. The molecule has 2 aliphatic carbocycles. The third-order valence-corrected chi connectivity index (χ3v) is 8.34. The van der Waals surface area contributed by atoms with E-state index in [1.165, 1.54) is 24.5 Å². The topological polar surface area (TPSA) is 32.8 Å². The van der Waals surface area contributed by atoms with Gasteiger partial charge in [0.1, 0.15) is 11.9 Å². The van der Waals surface area contributed by atoms with E-state index in [4.69, 9.17) is 4.74 Å². The summed E-state index contributed by atoms with van der Waals surface area (Å²) in [5.74, 6) is 0.646. The lowest BCUT2D eigenvalue weighted by Gasteiger charge is -2.50. The molecule has 5 heteroatoms. The van der Waals surface area contributed by atoms with Crippen molar-refractivity contribution in [3.05, 3.63) is 42.2 Å². The minimum Gasteiger partial charge on any atom is -0.462 e. The zero-order valence-corrected chi connectivity index (χ0v) is 18.0. The van der Waals surface area contributed by atoms with Crippen LogP contribution in [0.4, 0.5) is 10.1 Å². The van der Waals surface area contributed by atoms with E-state index in [2.05, 4.69) is 23.3 Å². The molecule has 0 N–H and O–H groups in total. The standard InChI is InChI=1S/C25H33FN2O2/c1-17-6-5-9-25(2)15-23-18(14-20(17)25)19(24(29)30-23)16-27-10-12-28(13-11-27)22-8-4-3-7-21(22)26/h3-4,7-8,18-20,23H,1,5-6,9-16H2,2H3/t18-,19+,20+,23+,25+/m0/s1. The van der Waals surface area contributed by atoms with Gasteiger partial charge in [0.05, 0.1) is 11.6 Å². The van der Waals surface area contributed by atoms with Gasteiger partial charge < -0.3 is 9.64 Å². The van der Waals surface area contributed by atoms with Gasteiger partial charge in [0.25, 0.3) is 0 Å². The Morgan fingerprint density at radius 2 is 2.00 bits per heavy atom. The van der Waals surface area contributed by atoms with E-state index in [1.807, 2.05) is 12.1 Å². The van der Waals surface area contributed by atoms with Crippen molar-refractivity contribution < 1.29 is 13.9 Å². The van der Waals surface area contributed by atoms with E-state index in [1.54, 1.807) is 6.07 Å². The van der Waals surface area contributed by atoms with Crippen molar-refractivity contribution in [2.45, 2.75) is 45.1 Å². The van der Waals surface area contributed by atoms with Gasteiger partial charge in [0.15, 0.2) is 0 Å². The van der Waals surface area contributed by atoms with Gasteiger partial charge in [-0.1, -0.05) is 31.2 Å². The van der Waals surface area contributed by atoms with Crippen LogP contribution in [0.1, 0.15) is 39.0 Å². The smallest absolute Gasteiger partial charge is 0.310 e. The predicted molar refractivity (Wildman–Crippen MR) is 116 cm³/mol. The largest absolute Gasteiger partial charge is 0.462 e. The molecule has 0 bridgehead atoms. The molecule has 0 radical (unpaired) electrons. The Morgan fingerprint density at radius 3 is 2.77 bits per heavy atom. The zero-order chi connectivity index (χ0) is 20.9. The van der Waals surface area contributed by atoms with Crippen LogP contribution in [0.2, 0.25) is 0 Å². The molecule has 4 aliphatic rings. The Balaban J connectivity index is 1.23. The van der Waals surface area contributed by atoms with E-state index in [0.717, 1.165) is 52.0 Å². The van der Waals surface area contributed by atoms with E-state index in [9.17, 15) is 9.18 Å². The van der Waals surface area contributed by atoms with E-state index in [-0.39, 0.29) is 29.2 Å². The number of carbonyl (C=O) groups is 1. The monoisotopic (exact) mass is 412 g/mol. The summed E-state index contributed by atoms with van der Waals surface area (Å²) in [5, 5.41) is 0. The fourth-order valence-corrected chi connectivity index (χ4v) is 6.62. The molecule has 2 aliphatic heterocycles. The highest BCUT2D eigenvalue weighted by molar-refractivity contribution is 5.75. The van der Waals surface area contributed by atoms with E-state index < -0.39 is 0 Å². The Kier molecular flexibility index (Phi) is 5.12. The second-order valence-electron chi connectivity index (χ2n) is 10.1. The van der Waals surface area contributed by atoms with Crippen molar-refractivity contribution in [1.82, 2.24) is 4.90 Å². The van der Waals surface area contributed by atoms with Crippen LogP contribution in [0.3, 0.4) is 0 Å². The number of ether oxygens (including phenoxy) is 1. The summed E-state index contributed by atoms with van der Waals surface area (Å²) in [5.41, 5.74) is 2.32. The van der Waals surface area contributed by atoms with Crippen molar-refractivity contribution in [2.75, 3.05) is 37.6 Å². The van der Waals surface area contributed by atoms with E-state index in [0.29, 0.717) is 17.5 Å². The lowest BCUT2D eigenvalue weighted by molar-refractivity contribution is -0.146. The summed E-state index contributed by atoms with van der Waals surface area (Å²) in [6, 6.07) is 6.98. The molecule has 5 rings (SSSR count). The Labute approximate surface area is 179 Å². The highest BCUT2D eigenvalue weighted by Crippen LogP contribution is 2.56. The third-order valence-electron chi connectivity index (χ3n) is 8.34. The first-order valence-corrected chi connectivity index (χ1v) is 11.5. The number of piperazine rings is 1. The predicted octanol–water partition coefficient (Wildman–Crippen LogP) is 4.26. The first kappa shape index (κ1) is 20.0. The van der Waals surface area contributed by atoms with Gasteiger partial charge in [0.2, 0.25) is 0 Å². The van der Waals surface area contributed by atoms with Crippen LogP contribution in [0.15, 0.2) is 36.4 Å². The molecule has 1 aromatic rings. The van der Waals surface area contributed by atoms with Gasteiger partial charge in [-0.15, -0.1) is 0 Å². The molecule has 4 nitrogen and oxygen atoms in total. The van der Waals surface area contributed by atoms with Gasteiger partial charge >= 0.3 is 5.97 Å². The molecule has 30 heavy (non-hydrogen) atoms. The number of fused-ring (bicyclic) bond motifs is 2. The quantitative estimate of drug-likeness (QED) is 0.549. The number of benzene rings is 1. The van der Waals surface area contributed by atoms with Gasteiger partial charge in [0, 0.05) is 38.6 Å². The van der Waals surface area contributed by atoms with Crippen molar-refractivity contribution in [2.24, 2.45) is 23.2 Å². The number of esters is 1. The Hall–Kier alpha value is -1.88. The van der Waals surface area contributed by atoms with Crippen LogP contribution in [0.5, 0.6) is 0 Å². The number of para-hydroxylation sites is 1. The molecule has 2 heterocycles. The summed E-state index contributed by atoms with van der Waals surface area (Å²) in [6.07, 6.45) is 5.69. The fraction of sp³-hybridized carbons (Fsp3) is 0.640. The zero-order valence-electron chi connectivity index (χ0n) is 18.0. The molecule has 0 amide bonds. The van der Waals surface area contributed by atoms with Crippen molar-refractivity contribution in [3.63, 3.8) is 0 Å². The van der Waals surface area contributed by atoms with Crippen LogP contribution >= 0.6 is 0 Å².